The van der Waals surface area contributed by atoms with E-state index in [4.69, 9.17) is 10.3 Å². The van der Waals surface area contributed by atoms with Crippen LogP contribution in [0.2, 0.25) is 0 Å². The number of aryl methyl sites for hydroxylation is 2. The Balaban J connectivity index is 2.29. The molecule has 0 amide bonds. The monoisotopic (exact) mass is 262 g/mol. The van der Waals surface area contributed by atoms with Crippen LogP contribution in [0.5, 0.6) is 0 Å². The normalized spacial score (nSPS) is 10.6. The highest BCUT2D eigenvalue weighted by atomic mass is 16.6. The molecule has 19 heavy (non-hydrogen) atoms. The summed E-state index contributed by atoms with van der Waals surface area (Å²) in [6.07, 6.45) is 1.40. The van der Waals surface area contributed by atoms with E-state index in [2.05, 4.69) is 10.1 Å². The highest BCUT2D eigenvalue weighted by Gasteiger charge is 2.15. The molecule has 0 spiro atoms. The molecule has 100 valence electrons. The largest absolute Gasteiger partial charge is 0.334 e. The van der Waals surface area contributed by atoms with Gasteiger partial charge in [0.25, 0.3) is 11.6 Å². The second kappa shape index (κ2) is 5.57. The lowest BCUT2D eigenvalue weighted by molar-refractivity contribution is -0.385. The molecule has 2 rings (SSSR count). The van der Waals surface area contributed by atoms with Gasteiger partial charge in [-0.05, 0) is 26.0 Å². The second-order valence-corrected chi connectivity index (χ2v) is 4.17. The Morgan fingerprint density at radius 1 is 1.47 bits per heavy atom. The first-order valence-electron chi connectivity index (χ1n) is 5.90. The standard InChI is InChI=1S/C12H14N4O3/c1-8-4-5-9(7-10(8)16(17)18)12-14-11(15-19-12)3-2-6-13/h4-5,7H,2-3,6,13H2,1H3. The second-order valence-electron chi connectivity index (χ2n) is 4.17. The fourth-order valence-corrected chi connectivity index (χ4v) is 1.67. The first-order valence-corrected chi connectivity index (χ1v) is 5.90. The molecule has 2 N–H and O–H groups in total. The predicted molar refractivity (Wildman–Crippen MR) is 68.5 cm³/mol. The Hall–Kier alpha value is -2.28. The van der Waals surface area contributed by atoms with Gasteiger partial charge >= 0.3 is 0 Å². The summed E-state index contributed by atoms with van der Waals surface area (Å²) in [5, 5.41) is 14.7. The number of hydrogen-bond donors (Lipinski definition) is 1. The summed E-state index contributed by atoms with van der Waals surface area (Å²) in [4.78, 5) is 14.6. The molecular weight excluding hydrogens is 248 g/mol. The summed E-state index contributed by atoms with van der Waals surface area (Å²) in [5.41, 5.74) is 6.58. The van der Waals surface area contributed by atoms with Crippen molar-refractivity contribution >= 4 is 5.69 Å². The van der Waals surface area contributed by atoms with E-state index >= 15 is 0 Å². The number of aromatic nitrogens is 2. The van der Waals surface area contributed by atoms with Gasteiger partial charge in [0.15, 0.2) is 5.82 Å². The Bertz CT molecular complexity index is 594. The van der Waals surface area contributed by atoms with Crippen molar-refractivity contribution in [1.29, 1.82) is 0 Å². The van der Waals surface area contributed by atoms with Crippen LogP contribution >= 0.6 is 0 Å². The first-order chi connectivity index (χ1) is 9.11. The van der Waals surface area contributed by atoms with E-state index < -0.39 is 4.92 Å². The Morgan fingerprint density at radius 3 is 2.95 bits per heavy atom. The number of nitrogens with two attached hydrogens (primary N) is 1. The molecule has 1 aromatic carbocycles. The van der Waals surface area contributed by atoms with Crippen LogP contribution in [0.1, 0.15) is 17.8 Å². The summed E-state index contributed by atoms with van der Waals surface area (Å²) in [6.45, 7) is 2.24. The van der Waals surface area contributed by atoms with Crippen LogP contribution in [0.25, 0.3) is 11.5 Å². The van der Waals surface area contributed by atoms with E-state index in [1.807, 2.05) is 0 Å². The van der Waals surface area contributed by atoms with Crippen molar-refractivity contribution in [3.63, 3.8) is 0 Å². The maximum absolute atomic E-state index is 10.9. The van der Waals surface area contributed by atoms with Gasteiger partial charge in [-0.2, -0.15) is 4.98 Å². The van der Waals surface area contributed by atoms with E-state index in [0.717, 1.165) is 6.42 Å². The van der Waals surface area contributed by atoms with Crippen LogP contribution in [0.4, 0.5) is 5.69 Å². The van der Waals surface area contributed by atoms with E-state index in [-0.39, 0.29) is 11.6 Å². The van der Waals surface area contributed by atoms with Crippen molar-refractivity contribution in [1.82, 2.24) is 10.1 Å². The molecule has 0 atom stereocenters. The zero-order valence-corrected chi connectivity index (χ0v) is 10.5. The molecule has 0 aliphatic carbocycles. The summed E-state index contributed by atoms with van der Waals surface area (Å²) in [7, 11) is 0. The molecule has 1 aromatic heterocycles. The van der Waals surface area contributed by atoms with E-state index in [9.17, 15) is 10.1 Å². The van der Waals surface area contributed by atoms with E-state index in [1.165, 1.54) is 6.07 Å². The van der Waals surface area contributed by atoms with E-state index in [1.54, 1.807) is 19.1 Å². The Kier molecular flexibility index (Phi) is 3.86. The maximum atomic E-state index is 10.9. The average molecular weight is 262 g/mol. The van der Waals surface area contributed by atoms with Gasteiger partial charge in [-0.25, -0.2) is 0 Å². The molecule has 0 aliphatic heterocycles. The van der Waals surface area contributed by atoms with Gasteiger partial charge in [-0.3, -0.25) is 10.1 Å². The average Bonchev–Trinajstić information content (AvgIpc) is 2.85. The zero-order valence-electron chi connectivity index (χ0n) is 10.5. The minimum atomic E-state index is -0.426. The van der Waals surface area contributed by atoms with Crippen LogP contribution in [-0.4, -0.2) is 21.6 Å². The molecule has 0 saturated heterocycles. The molecule has 0 aliphatic rings. The van der Waals surface area contributed by atoms with Crippen molar-refractivity contribution in [2.45, 2.75) is 19.8 Å². The van der Waals surface area contributed by atoms with Gasteiger partial charge in [0, 0.05) is 23.6 Å². The first kappa shape index (κ1) is 13.2. The van der Waals surface area contributed by atoms with Gasteiger partial charge in [-0.15, -0.1) is 0 Å². The Morgan fingerprint density at radius 2 is 2.26 bits per heavy atom. The lowest BCUT2D eigenvalue weighted by Gasteiger charge is -1.98. The number of rotatable bonds is 5. The molecule has 7 nitrogen and oxygen atoms in total. The summed E-state index contributed by atoms with van der Waals surface area (Å²) in [6, 6.07) is 4.83. The molecule has 2 aromatic rings. The maximum Gasteiger partial charge on any atom is 0.273 e. The van der Waals surface area contributed by atoms with Gasteiger partial charge in [0.05, 0.1) is 4.92 Å². The number of nitro benzene ring substituents is 1. The lowest BCUT2D eigenvalue weighted by Crippen LogP contribution is -2.01. The molecule has 0 bridgehead atoms. The Labute approximate surface area is 109 Å². The van der Waals surface area contributed by atoms with Crippen LogP contribution in [-0.2, 0) is 6.42 Å². The summed E-state index contributed by atoms with van der Waals surface area (Å²) >= 11 is 0. The topological polar surface area (TPSA) is 108 Å². The van der Waals surface area contributed by atoms with Crippen molar-refractivity contribution in [2.24, 2.45) is 5.73 Å². The fraction of sp³-hybridized carbons (Fsp3) is 0.333. The third-order valence-corrected chi connectivity index (χ3v) is 2.73. The highest BCUT2D eigenvalue weighted by molar-refractivity contribution is 5.59. The molecule has 0 unspecified atom stereocenters. The molecular formula is C12H14N4O3. The van der Waals surface area contributed by atoms with Crippen LogP contribution in [0.15, 0.2) is 22.7 Å². The molecule has 0 radical (unpaired) electrons. The number of benzene rings is 1. The minimum absolute atomic E-state index is 0.0409. The van der Waals surface area contributed by atoms with Crippen LogP contribution in [0, 0.1) is 17.0 Å². The van der Waals surface area contributed by atoms with Crippen molar-refractivity contribution < 1.29 is 9.45 Å². The van der Waals surface area contributed by atoms with Crippen molar-refractivity contribution in [3.8, 4) is 11.5 Å². The molecule has 1 heterocycles. The van der Waals surface area contributed by atoms with Gasteiger partial charge in [-0.1, -0.05) is 11.2 Å². The van der Waals surface area contributed by atoms with Crippen molar-refractivity contribution in [2.75, 3.05) is 6.54 Å². The van der Waals surface area contributed by atoms with Gasteiger partial charge in [0.1, 0.15) is 0 Å². The smallest absolute Gasteiger partial charge is 0.273 e. The summed E-state index contributed by atoms with van der Waals surface area (Å²) < 4.78 is 5.10. The van der Waals surface area contributed by atoms with Crippen LogP contribution < -0.4 is 5.73 Å². The van der Waals surface area contributed by atoms with Gasteiger partial charge in [0.2, 0.25) is 0 Å². The number of hydrogen-bond acceptors (Lipinski definition) is 6. The highest BCUT2D eigenvalue weighted by Crippen LogP contribution is 2.25. The summed E-state index contributed by atoms with van der Waals surface area (Å²) in [5.74, 6) is 0.846. The van der Waals surface area contributed by atoms with Crippen LogP contribution in [0.3, 0.4) is 0 Å². The quantitative estimate of drug-likeness (QED) is 0.650. The van der Waals surface area contributed by atoms with E-state index in [0.29, 0.717) is 29.9 Å². The SMILES string of the molecule is Cc1ccc(-c2nc(CCCN)no2)cc1[N+](=O)[O-]. The van der Waals surface area contributed by atoms with Crippen molar-refractivity contribution in [3.05, 3.63) is 39.7 Å². The predicted octanol–water partition coefficient (Wildman–Crippen LogP) is 1.84. The number of nitro groups is 1. The molecule has 7 heteroatoms. The zero-order chi connectivity index (χ0) is 13.8. The van der Waals surface area contributed by atoms with Gasteiger partial charge < -0.3 is 10.3 Å². The minimum Gasteiger partial charge on any atom is -0.334 e. The third kappa shape index (κ3) is 2.94. The molecule has 0 fully saturated rings. The number of nitrogens with zero attached hydrogens (tertiary/aromatic N) is 3. The molecule has 0 saturated carbocycles. The fourth-order valence-electron chi connectivity index (χ4n) is 1.67. The third-order valence-electron chi connectivity index (χ3n) is 2.73. The lowest BCUT2D eigenvalue weighted by atomic mass is 10.1.